The molecule has 3 aromatic carbocycles. The highest BCUT2D eigenvalue weighted by Crippen LogP contribution is 2.70. The van der Waals surface area contributed by atoms with Crippen molar-refractivity contribution < 1.29 is 48.0 Å². The largest absolute Gasteiger partial charge is 0.457 e. The Morgan fingerprint density at radius 3 is 2.30 bits per heavy atom. The van der Waals surface area contributed by atoms with Gasteiger partial charge in [-0.1, -0.05) is 55.8 Å². The molecule has 4 aliphatic rings. The van der Waals surface area contributed by atoms with Crippen molar-refractivity contribution in [2.45, 2.75) is 76.5 Å². The summed E-state index contributed by atoms with van der Waals surface area (Å²) in [5, 5.41) is 28.8. The number of likely N-dealkylation sites (N-methyl/N-ethyl adjacent to an activating group) is 1. The maximum atomic E-state index is 17.5. The zero-order chi connectivity index (χ0) is 45.1. The number of amides is 1. The first-order chi connectivity index (χ1) is 29.9. The highest BCUT2D eigenvalue weighted by atomic mass is 19.1. The Bertz CT molecular complexity index is 2560. The van der Waals surface area contributed by atoms with Gasteiger partial charge >= 0.3 is 11.9 Å². The fourth-order valence-electron chi connectivity index (χ4n) is 11.3. The molecule has 13 heteroatoms. The van der Waals surface area contributed by atoms with Gasteiger partial charge < -0.3 is 25.0 Å². The molecule has 1 aromatic heterocycles. The van der Waals surface area contributed by atoms with Gasteiger partial charge in [0.2, 0.25) is 11.7 Å². The third-order valence-corrected chi connectivity index (χ3v) is 14.7. The molecule has 0 spiro atoms. The van der Waals surface area contributed by atoms with Crippen LogP contribution in [0.5, 0.6) is 0 Å². The molecule has 3 fully saturated rings. The van der Waals surface area contributed by atoms with Crippen molar-refractivity contribution in [2.75, 3.05) is 26.0 Å². The van der Waals surface area contributed by atoms with Crippen molar-refractivity contribution in [2.24, 2.45) is 28.6 Å². The van der Waals surface area contributed by atoms with Crippen molar-refractivity contribution in [1.29, 1.82) is 0 Å². The van der Waals surface area contributed by atoms with E-state index in [0.29, 0.717) is 36.1 Å². The summed E-state index contributed by atoms with van der Waals surface area (Å²) < 4.78 is 28.5. The third kappa shape index (κ3) is 7.29. The first kappa shape index (κ1) is 43.7. The van der Waals surface area contributed by atoms with Crippen LogP contribution in [0.2, 0.25) is 0 Å². The van der Waals surface area contributed by atoms with Gasteiger partial charge in [-0.3, -0.25) is 24.3 Å². The van der Waals surface area contributed by atoms with Crippen LogP contribution in [0, 0.1) is 28.6 Å². The summed E-state index contributed by atoms with van der Waals surface area (Å²) in [6.07, 6.45) is 7.24. The first-order valence-electron chi connectivity index (χ1n) is 21.3. The van der Waals surface area contributed by atoms with Gasteiger partial charge in [-0.05, 0) is 130 Å². The van der Waals surface area contributed by atoms with Crippen molar-refractivity contribution in [3.8, 4) is 0 Å². The number of aliphatic hydroxyl groups excluding tert-OH is 1. The molecule has 4 aliphatic carbocycles. The molecular weight excluding hydrogens is 806 g/mol. The van der Waals surface area contributed by atoms with E-state index in [1.807, 2.05) is 55.4 Å². The van der Waals surface area contributed by atoms with E-state index in [1.54, 1.807) is 51.4 Å². The van der Waals surface area contributed by atoms with E-state index in [1.165, 1.54) is 36.4 Å². The van der Waals surface area contributed by atoms with E-state index >= 15 is 4.39 Å². The molecule has 12 nitrogen and oxygen atoms in total. The molecule has 0 bridgehead atoms. The van der Waals surface area contributed by atoms with Crippen molar-refractivity contribution in [1.82, 2.24) is 9.88 Å². The number of allylic oxidation sites excluding steroid dienone is 4. The number of benzene rings is 3. The van der Waals surface area contributed by atoms with E-state index in [0.717, 1.165) is 16.3 Å². The molecule has 1 heterocycles. The fraction of sp³-hybridized carbons (Fsp3) is 0.400. The lowest BCUT2D eigenvalue weighted by atomic mass is 9.44. The Balaban J connectivity index is 0.857. The molecule has 0 saturated heterocycles. The zero-order valence-electron chi connectivity index (χ0n) is 36.0. The highest BCUT2D eigenvalue weighted by molar-refractivity contribution is 6.01. The third-order valence-electron chi connectivity index (χ3n) is 14.7. The summed E-state index contributed by atoms with van der Waals surface area (Å²) in [4.78, 5) is 71.6. The number of esters is 2. The predicted octanol–water partition coefficient (Wildman–Crippen LogP) is 6.91. The number of rotatable bonds is 11. The van der Waals surface area contributed by atoms with Crippen LogP contribution in [-0.4, -0.2) is 87.6 Å². The number of alkyl halides is 1. The maximum Gasteiger partial charge on any atom is 0.338 e. The lowest BCUT2D eigenvalue weighted by molar-refractivity contribution is -0.219. The number of carbonyl (C=O) groups excluding carboxylic acids is 5. The van der Waals surface area contributed by atoms with Crippen LogP contribution in [0.1, 0.15) is 84.3 Å². The van der Waals surface area contributed by atoms with Gasteiger partial charge in [0.1, 0.15) is 18.2 Å². The Hall–Kier alpha value is -5.89. The molecule has 0 aliphatic heterocycles. The number of ether oxygens (including phenoxy) is 2. The van der Waals surface area contributed by atoms with E-state index in [9.17, 15) is 34.2 Å². The molecular formula is C50H52FN3O9. The van der Waals surface area contributed by atoms with Crippen LogP contribution in [0.25, 0.3) is 10.8 Å². The second-order valence-electron chi connectivity index (χ2n) is 18.4. The number of aromatic nitrogens is 1. The maximum absolute atomic E-state index is 17.5. The first-order valence-corrected chi connectivity index (χ1v) is 21.3. The summed E-state index contributed by atoms with van der Waals surface area (Å²) in [5.41, 5.74) is -3.55. The van der Waals surface area contributed by atoms with Gasteiger partial charge in [-0.15, -0.1) is 0 Å². The average molecular weight is 858 g/mol. The average Bonchev–Trinajstić information content (AvgIpc) is 3.46. The number of nitrogens with one attached hydrogen (secondary N) is 1. The molecule has 1 amide bonds. The molecule has 328 valence electrons. The lowest BCUT2D eigenvalue weighted by Crippen LogP contribution is -2.69. The Morgan fingerprint density at radius 1 is 0.937 bits per heavy atom. The van der Waals surface area contributed by atoms with Crippen LogP contribution >= 0.6 is 0 Å². The van der Waals surface area contributed by atoms with Crippen LogP contribution < -0.4 is 5.32 Å². The number of halogens is 1. The molecule has 3 N–H and O–H groups in total. The minimum atomic E-state index is -2.11. The number of ketones is 2. The van der Waals surface area contributed by atoms with Gasteiger partial charge in [-0.2, -0.15) is 0 Å². The molecule has 4 aromatic rings. The number of carbonyl (C=O) groups is 5. The normalized spacial score (nSPS) is 30.1. The van der Waals surface area contributed by atoms with Gasteiger partial charge in [0.05, 0.1) is 17.2 Å². The van der Waals surface area contributed by atoms with E-state index in [2.05, 4.69) is 10.3 Å². The van der Waals surface area contributed by atoms with Gasteiger partial charge in [0, 0.05) is 40.2 Å². The van der Waals surface area contributed by atoms with Crippen molar-refractivity contribution in [3.05, 3.63) is 131 Å². The van der Waals surface area contributed by atoms with Crippen molar-refractivity contribution in [3.63, 3.8) is 0 Å². The summed E-state index contributed by atoms with van der Waals surface area (Å²) in [6.45, 7) is 4.37. The molecule has 3 saturated carbocycles. The van der Waals surface area contributed by atoms with Gasteiger partial charge in [-0.25, -0.2) is 14.0 Å². The molecule has 8 rings (SSSR count). The minimum Gasteiger partial charge on any atom is -0.457 e. The Labute approximate surface area is 365 Å². The molecule has 63 heavy (non-hydrogen) atoms. The number of nitrogens with zero attached hydrogens (tertiary/aromatic N) is 2. The molecule has 1 unspecified atom stereocenters. The number of anilines is 1. The minimum absolute atomic E-state index is 0.0452. The number of aliphatic hydroxyl groups is 2. The highest BCUT2D eigenvalue weighted by Gasteiger charge is 2.75. The van der Waals surface area contributed by atoms with Crippen LogP contribution in [0.15, 0.2) is 109 Å². The quantitative estimate of drug-likeness (QED) is 0.134. The number of hydrogen-bond acceptors (Lipinski definition) is 11. The van der Waals surface area contributed by atoms with Gasteiger partial charge in [0.15, 0.2) is 18.1 Å². The van der Waals surface area contributed by atoms with Crippen LogP contribution in [0.3, 0.4) is 0 Å². The molecule has 0 radical (unpaired) electrons. The number of hydrogen-bond donors (Lipinski definition) is 3. The Morgan fingerprint density at radius 2 is 1.62 bits per heavy atom. The SMILES string of the molecule is C[C@@H]1C[C@H]2[C@@H]3CCC4=CC(=O)C=C[C@]4(C)[C@@]3(F)[C@@H](O)C[C@]2(C)[C@@]1(O)C(=O)COC(=O)c1ccc(C(=O)OCc2ccc(C(C(=O)Nc3ccc4cnccc4c3)N(C)C)cc2)cc1. The van der Waals surface area contributed by atoms with Crippen LogP contribution in [-0.2, 0) is 30.5 Å². The Kier molecular flexibility index (Phi) is 11.3. The monoisotopic (exact) mass is 857 g/mol. The summed E-state index contributed by atoms with van der Waals surface area (Å²) in [7, 11) is 3.63. The van der Waals surface area contributed by atoms with E-state index in [-0.39, 0.29) is 35.8 Å². The van der Waals surface area contributed by atoms with E-state index < -0.39 is 76.3 Å². The smallest absolute Gasteiger partial charge is 0.338 e. The van der Waals surface area contributed by atoms with Gasteiger partial charge in [0.25, 0.3) is 0 Å². The number of fused-ring (bicyclic) bond motifs is 6. The van der Waals surface area contributed by atoms with Crippen LogP contribution in [0.4, 0.5) is 10.1 Å². The standard InChI is InChI=1S/C50H52FN3O9/c1-29-22-40-39-17-15-36-24-38(55)18-20-47(36,2)49(39,51)41(56)25-48(40,3)50(29,61)42(57)28-63-46(60)33-12-10-32(11-13-33)45(59)62-27-30-6-8-31(9-7-30)43(54(4)5)44(58)53-37-16-14-35-26-52-21-19-34(35)23-37/h6-14,16,18-21,23-24,26,29,39-41,43,56,61H,15,17,22,25,27-28H2,1-5H3,(H,53,58)/t29-,39+,40+,41+,43?,47+,48+,49+,50+/m1/s1. The number of pyridine rings is 1. The summed E-state index contributed by atoms with van der Waals surface area (Å²) >= 11 is 0. The predicted molar refractivity (Wildman–Crippen MR) is 232 cm³/mol. The summed E-state index contributed by atoms with van der Waals surface area (Å²) in [5.74, 6) is -4.40. The van der Waals surface area contributed by atoms with E-state index in [4.69, 9.17) is 9.47 Å². The molecule has 9 atom stereocenters. The van der Waals surface area contributed by atoms with Crippen molar-refractivity contribution >= 4 is 45.9 Å². The zero-order valence-corrected chi connectivity index (χ0v) is 36.0. The summed E-state index contributed by atoms with van der Waals surface area (Å²) in [6, 6.07) is 19.7. The fourth-order valence-corrected chi connectivity index (χ4v) is 11.3. The second kappa shape index (κ2) is 16.3. The topological polar surface area (TPSA) is 172 Å². The lowest BCUT2D eigenvalue weighted by Gasteiger charge is -2.62. The second-order valence-corrected chi connectivity index (χ2v) is 18.4. The number of Topliss-reactive ketones (excluding diaryl/α,β-unsaturated/α-hetero) is 1.